The van der Waals surface area contributed by atoms with Crippen LogP contribution in [-0.4, -0.2) is 64.0 Å². The number of carbonyl (C=O) groups is 2. The lowest BCUT2D eigenvalue weighted by atomic mass is 9.98. The number of ether oxygens (including phenoxy) is 3. The third-order valence-electron chi connectivity index (χ3n) is 6.86. The van der Waals surface area contributed by atoms with Crippen molar-refractivity contribution in [2.75, 3.05) is 27.8 Å². The standard InChI is InChI=1S/C29H29ClN4O6/c1-32(17-26(35)36)29(37)21-11-14-33(31-21)15-12-24-23-7-5-13-34(23)22-10-9-18(30)16-20(22)27(40-24)19-6-4-8-25(38-2)28(19)39-3/h4-11,13-14,16,24,27H,12,15,17H2,1-3H3,(H,35,36)/t24-,27-/m1/s1. The topological polar surface area (TPSA) is 108 Å². The predicted molar refractivity (Wildman–Crippen MR) is 147 cm³/mol. The lowest BCUT2D eigenvalue weighted by molar-refractivity contribution is -0.137. The van der Waals surface area contributed by atoms with E-state index in [4.69, 9.17) is 30.9 Å². The molecule has 11 heteroatoms. The van der Waals surface area contributed by atoms with E-state index in [0.717, 1.165) is 27.4 Å². The molecule has 2 aromatic heterocycles. The second-order valence-corrected chi connectivity index (χ2v) is 9.84. The summed E-state index contributed by atoms with van der Waals surface area (Å²) in [5.74, 6) is -0.382. The first-order chi connectivity index (χ1) is 19.3. The molecule has 2 atom stereocenters. The molecule has 0 bridgehead atoms. The molecule has 1 N–H and O–H groups in total. The van der Waals surface area contributed by atoms with Gasteiger partial charge in [-0.05, 0) is 48.9 Å². The fourth-order valence-corrected chi connectivity index (χ4v) is 5.21. The quantitative estimate of drug-likeness (QED) is 0.312. The number of amides is 1. The molecule has 0 aliphatic carbocycles. The molecule has 3 heterocycles. The van der Waals surface area contributed by atoms with E-state index in [-0.39, 0.29) is 11.8 Å². The van der Waals surface area contributed by atoms with E-state index in [1.807, 2.05) is 54.7 Å². The molecule has 40 heavy (non-hydrogen) atoms. The minimum Gasteiger partial charge on any atom is -0.493 e. The highest BCUT2D eigenvalue weighted by atomic mass is 35.5. The zero-order valence-electron chi connectivity index (χ0n) is 22.3. The van der Waals surface area contributed by atoms with Crippen molar-refractivity contribution in [1.29, 1.82) is 0 Å². The predicted octanol–water partition coefficient (Wildman–Crippen LogP) is 4.75. The molecule has 1 aliphatic rings. The van der Waals surface area contributed by atoms with Gasteiger partial charge >= 0.3 is 5.97 Å². The Hall–Kier alpha value is -4.28. The average Bonchev–Trinajstić information content (AvgIpc) is 3.60. The van der Waals surface area contributed by atoms with Gasteiger partial charge in [-0.3, -0.25) is 14.3 Å². The number of halogens is 1. The number of carboxylic acids is 1. The number of carbonyl (C=O) groups excluding carboxylic acids is 1. The summed E-state index contributed by atoms with van der Waals surface area (Å²) in [5.41, 5.74) is 3.75. The largest absolute Gasteiger partial charge is 0.493 e. The van der Waals surface area contributed by atoms with Crippen LogP contribution in [0.4, 0.5) is 0 Å². The molecule has 0 saturated carbocycles. The van der Waals surface area contributed by atoms with Crippen molar-refractivity contribution >= 4 is 23.5 Å². The zero-order chi connectivity index (χ0) is 28.4. The summed E-state index contributed by atoms with van der Waals surface area (Å²) in [5, 5.41) is 14.0. The van der Waals surface area contributed by atoms with Gasteiger partial charge in [-0.25, -0.2) is 0 Å². The lowest BCUT2D eigenvalue weighted by Crippen LogP contribution is -2.32. The van der Waals surface area contributed by atoms with E-state index in [0.29, 0.717) is 29.5 Å². The van der Waals surface area contributed by atoms with Crippen LogP contribution in [0.15, 0.2) is 67.0 Å². The number of fused-ring (bicyclic) bond motifs is 3. The third kappa shape index (κ3) is 5.28. The second kappa shape index (κ2) is 11.4. The summed E-state index contributed by atoms with van der Waals surface area (Å²) in [6, 6.07) is 17.0. The molecular formula is C29H29ClN4O6. The number of carboxylic acid groups (broad SMARTS) is 1. The van der Waals surface area contributed by atoms with Gasteiger partial charge in [0.1, 0.15) is 24.4 Å². The molecule has 0 spiro atoms. The number of para-hydroxylation sites is 1. The van der Waals surface area contributed by atoms with Gasteiger partial charge in [-0.1, -0.05) is 23.7 Å². The number of aryl methyl sites for hydroxylation is 1. The molecule has 0 radical (unpaired) electrons. The molecular weight excluding hydrogens is 536 g/mol. The molecule has 10 nitrogen and oxygen atoms in total. The van der Waals surface area contributed by atoms with Crippen LogP contribution in [0.1, 0.15) is 45.9 Å². The first-order valence-corrected chi connectivity index (χ1v) is 13.0. The minimum atomic E-state index is -1.09. The van der Waals surface area contributed by atoms with E-state index >= 15 is 0 Å². The van der Waals surface area contributed by atoms with Crippen LogP contribution in [0.3, 0.4) is 0 Å². The summed E-state index contributed by atoms with van der Waals surface area (Å²) in [6.07, 6.45) is 3.35. The number of nitrogens with zero attached hydrogens (tertiary/aromatic N) is 4. The van der Waals surface area contributed by atoms with Gasteiger partial charge in [0.15, 0.2) is 11.5 Å². The number of hydrogen-bond donors (Lipinski definition) is 1. The Balaban J connectivity index is 1.48. The van der Waals surface area contributed by atoms with Crippen LogP contribution in [0.2, 0.25) is 5.02 Å². The number of likely N-dealkylation sites (N-methyl/N-ethyl adjacent to an activating group) is 1. The maximum atomic E-state index is 12.6. The van der Waals surface area contributed by atoms with Gasteiger partial charge in [-0.15, -0.1) is 0 Å². The maximum Gasteiger partial charge on any atom is 0.323 e. The van der Waals surface area contributed by atoms with E-state index in [9.17, 15) is 9.59 Å². The first kappa shape index (κ1) is 27.3. The number of aromatic nitrogens is 3. The molecule has 0 unspecified atom stereocenters. The monoisotopic (exact) mass is 564 g/mol. The summed E-state index contributed by atoms with van der Waals surface area (Å²) in [6.45, 7) is 0.0448. The number of aliphatic carboxylic acids is 1. The fourth-order valence-electron chi connectivity index (χ4n) is 5.03. The molecule has 1 aliphatic heterocycles. The van der Waals surface area contributed by atoms with Crippen molar-refractivity contribution in [3.05, 3.63) is 94.5 Å². The van der Waals surface area contributed by atoms with Crippen molar-refractivity contribution in [1.82, 2.24) is 19.2 Å². The van der Waals surface area contributed by atoms with Gasteiger partial charge in [0.2, 0.25) is 0 Å². The summed E-state index contributed by atoms with van der Waals surface area (Å²) < 4.78 is 22.0. The van der Waals surface area contributed by atoms with Gasteiger partial charge in [0.05, 0.1) is 25.6 Å². The molecule has 4 aromatic rings. The SMILES string of the molecule is COc1cccc([C@H]2O[C@H](CCn3ccc(C(=O)N(C)CC(=O)O)n3)c3cccn3-c3ccc(Cl)cc32)c1OC. The van der Waals surface area contributed by atoms with Crippen molar-refractivity contribution in [3.8, 4) is 17.2 Å². The number of benzene rings is 2. The van der Waals surface area contributed by atoms with Crippen LogP contribution < -0.4 is 9.47 Å². The fraction of sp³-hybridized carbons (Fsp3) is 0.276. The van der Waals surface area contributed by atoms with Crippen molar-refractivity contribution in [3.63, 3.8) is 0 Å². The van der Waals surface area contributed by atoms with E-state index in [1.165, 1.54) is 7.05 Å². The molecule has 1 amide bonds. The second-order valence-electron chi connectivity index (χ2n) is 9.40. The van der Waals surface area contributed by atoms with Crippen molar-refractivity contribution in [2.24, 2.45) is 0 Å². The third-order valence-corrected chi connectivity index (χ3v) is 7.09. The van der Waals surface area contributed by atoms with E-state index in [1.54, 1.807) is 31.2 Å². The average molecular weight is 565 g/mol. The smallest absolute Gasteiger partial charge is 0.323 e. The first-order valence-electron chi connectivity index (χ1n) is 12.6. The highest BCUT2D eigenvalue weighted by Gasteiger charge is 2.33. The normalized spacial score (nSPS) is 16.0. The summed E-state index contributed by atoms with van der Waals surface area (Å²) >= 11 is 6.48. The Bertz CT molecular complexity index is 1550. The Morgan fingerprint density at radius 2 is 1.90 bits per heavy atom. The highest BCUT2D eigenvalue weighted by molar-refractivity contribution is 6.30. The molecule has 0 saturated heterocycles. The molecule has 0 fully saturated rings. The minimum absolute atomic E-state index is 0.176. The van der Waals surface area contributed by atoms with Crippen LogP contribution in [-0.2, 0) is 16.1 Å². The number of rotatable bonds is 9. The van der Waals surface area contributed by atoms with E-state index in [2.05, 4.69) is 9.67 Å². The van der Waals surface area contributed by atoms with Gasteiger partial charge < -0.3 is 28.8 Å². The highest BCUT2D eigenvalue weighted by Crippen LogP contribution is 2.46. The summed E-state index contributed by atoms with van der Waals surface area (Å²) in [4.78, 5) is 24.7. The molecule has 2 aromatic carbocycles. The van der Waals surface area contributed by atoms with E-state index < -0.39 is 24.5 Å². The van der Waals surface area contributed by atoms with Gasteiger partial charge in [0.25, 0.3) is 5.91 Å². The van der Waals surface area contributed by atoms with Crippen LogP contribution in [0, 0.1) is 0 Å². The Kier molecular flexibility index (Phi) is 7.81. The number of hydrogen-bond acceptors (Lipinski definition) is 6. The lowest BCUT2D eigenvalue weighted by Gasteiger charge is -2.25. The summed E-state index contributed by atoms with van der Waals surface area (Å²) in [7, 11) is 4.62. The van der Waals surface area contributed by atoms with Gasteiger partial charge in [-0.2, -0.15) is 5.10 Å². The van der Waals surface area contributed by atoms with Crippen molar-refractivity contribution in [2.45, 2.75) is 25.2 Å². The molecule has 5 rings (SSSR count). The van der Waals surface area contributed by atoms with Gasteiger partial charge in [0, 0.05) is 42.1 Å². The molecule has 208 valence electrons. The van der Waals surface area contributed by atoms with Crippen LogP contribution >= 0.6 is 11.6 Å². The Morgan fingerprint density at radius 1 is 1.07 bits per heavy atom. The van der Waals surface area contributed by atoms with Crippen LogP contribution in [0.25, 0.3) is 5.69 Å². The van der Waals surface area contributed by atoms with Crippen molar-refractivity contribution < 1.29 is 28.9 Å². The zero-order valence-corrected chi connectivity index (χ0v) is 23.0. The number of methoxy groups -OCH3 is 2. The Morgan fingerprint density at radius 3 is 2.65 bits per heavy atom. The Labute approximate surface area is 236 Å². The van der Waals surface area contributed by atoms with Crippen LogP contribution in [0.5, 0.6) is 11.5 Å². The maximum absolute atomic E-state index is 12.6.